The standard InChI is InChI=1S/C13H11BrO3S/c1-10-5-2-3-8-13(10)17-18(15,16)12-7-4-6-11(14)9-12/h2-9H,1H3. The minimum absolute atomic E-state index is 0.125. The second kappa shape index (κ2) is 5.12. The Bertz CT molecular complexity index is 665. The van der Waals surface area contributed by atoms with Gasteiger partial charge in [-0.25, -0.2) is 0 Å². The summed E-state index contributed by atoms with van der Waals surface area (Å²) in [5, 5.41) is 0. The largest absolute Gasteiger partial charge is 0.379 e. The Kier molecular flexibility index (Phi) is 3.73. The maximum absolute atomic E-state index is 12.1. The lowest BCUT2D eigenvalue weighted by molar-refractivity contribution is 0.484. The van der Waals surface area contributed by atoms with Crippen molar-refractivity contribution in [2.45, 2.75) is 11.8 Å². The zero-order valence-corrected chi connectivity index (χ0v) is 12.0. The highest BCUT2D eigenvalue weighted by molar-refractivity contribution is 9.10. The van der Waals surface area contributed by atoms with Crippen LogP contribution in [0.3, 0.4) is 0 Å². The zero-order valence-electron chi connectivity index (χ0n) is 9.63. The van der Waals surface area contributed by atoms with E-state index in [0.717, 1.165) is 5.56 Å². The summed E-state index contributed by atoms with van der Waals surface area (Å²) < 4.78 is 29.9. The fourth-order valence-corrected chi connectivity index (χ4v) is 3.03. The van der Waals surface area contributed by atoms with E-state index in [9.17, 15) is 8.42 Å². The Morgan fingerprint density at radius 2 is 1.78 bits per heavy atom. The number of rotatable bonds is 3. The first-order valence-electron chi connectivity index (χ1n) is 5.25. The van der Waals surface area contributed by atoms with E-state index in [1.54, 1.807) is 37.3 Å². The van der Waals surface area contributed by atoms with Crippen molar-refractivity contribution in [3.63, 3.8) is 0 Å². The Morgan fingerprint density at radius 1 is 1.06 bits per heavy atom. The second-order valence-corrected chi connectivity index (χ2v) is 6.22. The Hall–Kier alpha value is -1.33. The van der Waals surface area contributed by atoms with Gasteiger partial charge in [-0.15, -0.1) is 0 Å². The van der Waals surface area contributed by atoms with Crippen molar-refractivity contribution in [3.05, 3.63) is 58.6 Å². The molecule has 0 spiro atoms. The summed E-state index contributed by atoms with van der Waals surface area (Å²) in [5.74, 6) is 0.345. The predicted molar refractivity (Wildman–Crippen MR) is 73.1 cm³/mol. The Morgan fingerprint density at radius 3 is 2.44 bits per heavy atom. The highest BCUT2D eigenvalue weighted by atomic mass is 79.9. The van der Waals surface area contributed by atoms with Gasteiger partial charge >= 0.3 is 10.1 Å². The number of benzene rings is 2. The maximum atomic E-state index is 12.1. The molecule has 94 valence electrons. The summed E-state index contributed by atoms with van der Waals surface area (Å²) >= 11 is 3.23. The molecule has 0 fully saturated rings. The normalized spacial score (nSPS) is 11.2. The van der Waals surface area contributed by atoms with Crippen LogP contribution in [0.15, 0.2) is 57.9 Å². The monoisotopic (exact) mass is 326 g/mol. The number of hydrogen-bond acceptors (Lipinski definition) is 3. The van der Waals surface area contributed by atoms with E-state index in [0.29, 0.717) is 10.2 Å². The summed E-state index contributed by atoms with van der Waals surface area (Å²) in [4.78, 5) is 0.125. The average molecular weight is 327 g/mol. The molecule has 2 rings (SSSR count). The third-order valence-corrected chi connectivity index (χ3v) is 4.10. The zero-order chi connectivity index (χ0) is 13.2. The first-order valence-corrected chi connectivity index (χ1v) is 7.45. The molecular weight excluding hydrogens is 316 g/mol. The van der Waals surface area contributed by atoms with Crippen molar-refractivity contribution in [1.82, 2.24) is 0 Å². The summed E-state index contributed by atoms with van der Waals surface area (Å²) in [5.41, 5.74) is 0.774. The average Bonchev–Trinajstić information content (AvgIpc) is 2.32. The first-order chi connectivity index (χ1) is 8.49. The van der Waals surface area contributed by atoms with Crippen molar-refractivity contribution >= 4 is 26.0 Å². The molecule has 18 heavy (non-hydrogen) atoms. The molecule has 0 aliphatic carbocycles. The highest BCUT2D eigenvalue weighted by Crippen LogP contribution is 2.23. The molecular formula is C13H11BrO3S. The van der Waals surface area contributed by atoms with E-state index in [1.165, 1.54) is 12.1 Å². The molecule has 0 atom stereocenters. The molecule has 2 aromatic carbocycles. The van der Waals surface area contributed by atoms with Crippen LogP contribution in [0.5, 0.6) is 5.75 Å². The van der Waals surface area contributed by atoms with Crippen molar-refractivity contribution in [1.29, 1.82) is 0 Å². The van der Waals surface area contributed by atoms with Crippen molar-refractivity contribution < 1.29 is 12.6 Å². The molecule has 0 aliphatic rings. The van der Waals surface area contributed by atoms with E-state index >= 15 is 0 Å². The van der Waals surface area contributed by atoms with Crippen LogP contribution >= 0.6 is 15.9 Å². The van der Waals surface area contributed by atoms with Crippen LogP contribution in [0, 0.1) is 6.92 Å². The van der Waals surface area contributed by atoms with Gasteiger partial charge in [0.25, 0.3) is 0 Å². The van der Waals surface area contributed by atoms with Crippen LogP contribution in [0.4, 0.5) is 0 Å². The molecule has 0 saturated carbocycles. The smallest absolute Gasteiger partial charge is 0.339 e. The molecule has 0 unspecified atom stereocenters. The fraction of sp³-hybridized carbons (Fsp3) is 0.0769. The van der Waals surface area contributed by atoms with Crippen LogP contribution < -0.4 is 4.18 Å². The van der Waals surface area contributed by atoms with E-state index in [-0.39, 0.29) is 4.90 Å². The fourth-order valence-electron chi connectivity index (χ4n) is 1.44. The molecule has 0 N–H and O–H groups in total. The van der Waals surface area contributed by atoms with E-state index in [1.807, 2.05) is 6.07 Å². The van der Waals surface area contributed by atoms with Crippen molar-refractivity contribution in [3.8, 4) is 5.75 Å². The third-order valence-electron chi connectivity index (χ3n) is 2.38. The Labute approximate surface area is 115 Å². The molecule has 0 aliphatic heterocycles. The number of para-hydroxylation sites is 1. The summed E-state index contributed by atoms with van der Waals surface area (Å²) in [6.07, 6.45) is 0. The maximum Gasteiger partial charge on any atom is 0.339 e. The summed E-state index contributed by atoms with van der Waals surface area (Å²) in [6.45, 7) is 1.80. The lowest BCUT2D eigenvalue weighted by Gasteiger charge is -2.09. The van der Waals surface area contributed by atoms with Gasteiger partial charge in [-0.05, 0) is 36.8 Å². The van der Waals surface area contributed by atoms with Gasteiger partial charge in [0.2, 0.25) is 0 Å². The van der Waals surface area contributed by atoms with Gasteiger partial charge < -0.3 is 4.18 Å². The van der Waals surface area contributed by atoms with E-state index in [4.69, 9.17) is 4.18 Å². The van der Waals surface area contributed by atoms with Crippen LogP contribution in [0.2, 0.25) is 0 Å². The van der Waals surface area contributed by atoms with Crippen LogP contribution in [-0.2, 0) is 10.1 Å². The molecule has 5 heteroatoms. The number of hydrogen-bond donors (Lipinski definition) is 0. The number of aryl methyl sites for hydroxylation is 1. The molecule has 0 bridgehead atoms. The van der Waals surface area contributed by atoms with E-state index < -0.39 is 10.1 Å². The van der Waals surface area contributed by atoms with Gasteiger partial charge in [0.1, 0.15) is 10.6 Å². The van der Waals surface area contributed by atoms with Gasteiger partial charge in [0, 0.05) is 4.47 Å². The molecule has 0 aromatic heterocycles. The lowest BCUT2D eigenvalue weighted by atomic mass is 10.2. The Balaban J connectivity index is 2.37. The van der Waals surface area contributed by atoms with Gasteiger partial charge in [-0.2, -0.15) is 8.42 Å². The quantitative estimate of drug-likeness (QED) is 0.810. The van der Waals surface area contributed by atoms with Gasteiger partial charge in [-0.1, -0.05) is 40.2 Å². The summed E-state index contributed by atoms with van der Waals surface area (Å²) in [7, 11) is -3.79. The van der Waals surface area contributed by atoms with Crippen molar-refractivity contribution in [2.24, 2.45) is 0 Å². The van der Waals surface area contributed by atoms with Crippen molar-refractivity contribution in [2.75, 3.05) is 0 Å². The van der Waals surface area contributed by atoms with Gasteiger partial charge in [0.15, 0.2) is 0 Å². The highest BCUT2D eigenvalue weighted by Gasteiger charge is 2.17. The van der Waals surface area contributed by atoms with E-state index in [2.05, 4.69) is 15.9 Å². The van der Waals surface area contributed by atoms with Gasteiger partial charge in [0.05, 0.1) is 0 Å². The first kappa shape index (κ1) is 13.1. The topological polar surface area (TPSA) is 43.4 Å². The SMILES string of the molecule is Cc1ccccc1OS(=O)(=O)c1cccc(Br)c1. The molecule has 0 heterocycles. The van der Waals surface area contributed by atoms with Crippen LogP contribution in [-0.4, -0.2) is 8.42 Å². The third kappa shape index (κ3) is 2.91. The second-order valence-electron chi connectivity index (χ2n) is 3.76. The van der Waals surface area contributed by atoms with Crippen LogP contribution in [0.25, 0.3) is 0 Å². The molecule has 2 aromatic rings. The summed E-state index contributed by atoms with van der Waals surface area (Å²) in [6, 6.07) is 13.4. The van der Waals surface area contributed by atoms with Gasteiger partial charge in [-0.3, -0.25) is 0 Å². The molecule has 0 amide bonds. The molecule has 3 nitrogen and oxygen atoms in total. The number of halogens is 1. The molecule has 0 radical (unpaired) electrons. The minimum atomic E-state index is -3.79. The minimum Gasteiger partial charge on any atom is -0.379 e. The lowest BCUT2D eigenvalue weighted by Crippen LogP contribution is -2.10. The molecule has 0 saturated heterocycles. The predicted octanol–water partition coefficient (Wildman–Crippen LogP) is 3.53. The van der Waals surface area contributed by atoms with Crippen LogP contribution in [0.1, 0.15) is 5.56 Å².